The van der Waals surface area contributed by atoms with Crippen LogP contribution in [0, 0.1) is 0 Å². The third-order valence-electron chi connectivity index (χ3n) is 7.33. The highest BCUT2D eigenvalue weighted by molar-refractivity contribution is 7.85. The van der Waals surface area contributed by atoms with Crippen molar-refractivity contribution in [2.45, 2.75) is 61.0 Å². The molecule has 2 heterocycles. The van der Waals surface area contributed by atoms with Gasteiger partial charge in [0.2, 0.25) is 0 Å². The lowest BCUT2D eigenvalue weighted by Crippen LogP contribution is -2.20. The Morgan fingerprint density at radius 1 is 0.875 bits per heavy atom. The number of pyridine rings is 1. The fourth-order valence-corrected chi connectivity index (χ4v) is 6.44. The zero-order valence-corrected chi connectivity index (χ0v) is 23.3. The van der Waals surface area contributed by atoms with Crippen LogP contribution in [0.1, 0.15) is 43.5 Å². The van der Waals surface area contributed by atoms with Gasteiger partial charge in [-0.05, 0) is 61.6 Å². The smallest absolute Gasteiger partial charge is 0.138 e. The molecule has 1 saturated carbocycles. The Morgan fingerprint density at radius 2 is 1.60 bits per heavy atom. The van der Waals surface area contributed by atoms with Crippen LogP contribution in [0.15, 0.2) is 107 Å². The molecule has 6 rings (SSSR count). The van der Waals surface area contributed by atoms with Crippen molar-refractivity contribution in [3.63, 3.8) is 0 Å². The summed E-state index contributed by atoms with van der Waals surface area (Å²) in [5.41, 5.74) is 2.95. The van der Waals surface area contributed by atoms with E-state index in [1.807, 2.05) is 60.7 Å². The Hall–Kier alpha value is -3.97. The second kappa shape index (κ2) is 12.5. The summed E-state index contributed by atoms with van der Waals surface area (Å²) in [7, 11) is -1.42. The maximum Gasteiger partial charge on any atom is 0.138 e. The average Bonchev–Trinajstić information content (AvgIpc) is 3.34. The van der Waals surface area contributed by atoms with Crippen molar-refractivity contribution in [2.24, 2.45) is 0 Å². The molecule has 0 radical (unpaired) electrons. The van der Waals surface area contributed by atoms with E-state index in [4.69, 9.17) is 14.5 Å². The van der Waals surface area contributed by atoms with Gasteiger partial charge in [0.1, 0.15) is 23.9 Å². The largest absolute Gasteiger partial charge is 0.492 e. The molecule has 1 atom stereocenters. The molecule has 204 valence electrons. The van der Waals surface area contributed by atoms with Crippen molar-refractivity contribution in [1.82, 2.24) is 14.5 Å². The Labute approximate surface area is 237 Å². The topological polar surface area (TPSA) is 66.2 Å². The summed E-state index contributed by atoms with van der Waals surface area (Å²) in [6.45, 7) is 1.13. The number of hydrogen-bond donors (Lipinski definition) is 0. The lowest BCUT2D eigenvalue weighted by atomic mass is 9.98. The Morgan fingerprint density at radius 3 is 2.35 bits per heavy atom. The molecule has 40 heavy (non-hydrogen) atoms. The van der Waals surface area contributed by atoms with Crippen LogP contribution >= 0.6 is 0 Å². The SMILES string of the molecule is O=S(c1ccncc1)c1cc2nc(Cc3ccccc3)n(CCOc3ccccc3)c2cc1OC1CCCCC1. The first-order chi connectivity index (χ1) is 19.7. The minimum Gasteiger partial charge on any atom is -0.492 e. The van der Waals surface area contributed by atoms with Gasteiger partial charge in [-0.25, -0.2) is 9.19 Å². The fourth-order valence-electron chi connectivity index (χ4n) is 5.31. The summed E-state index contributed by atoms with van der Waals surface area (Å²) in [5, 5.41) is 0. The zero-order valence-electron chi connectivity index (χ0n) is 22.4. The number of aromatic nitrogens is 3. The second-order valence-corrected chi connectivity index (χ2v) is 11.6. The van der Waals surface area contributed by atoms with Gasteiger partial charge in [-0.2, -0.15) is 0 Å². The molecular weight excluding hydrogens is 518 g/mol. The highest BCUT2D eigenvalue weighted by Crippen LogP contribution is 2.35. The molecule has 0 spiro atoms. The van der Waals surface area contributed by atoms with Crippen LogP contribution in [0.2, 0.25) is 0 Å². The van der Waals surface area contributed by atoms with E-state index in [0.29, 0.717) is 35.1 Å². The maximum absolute atomic E-state index is 13.8. The molecule has 5 aromatic rings. The highest BCUT2D eigenvalue weighted by Gasteiger charge is 2.23. The average molecular weight is 552 g/mol. The first-order valence-electron chi connectivity index (χ1n) is 14.0. The van der Waals surface area contributed by atoms with E-state index >= 15 is 0 Å². The summed E-state index contributed by atoms with van der Waals surface area (Å²) in [5.74, 6) is 2.45. The first-order valence-corrected chi connectivity index (χ1v) is 15.1. The summed E-state index contributed by atoms with van der Waals surface area (Å²) in [6, 6.07) is 27.8. The van der Waals surface area contributed by atoms with Crippen LogP contribution < -0.4 is 9.47 Å². The minimum atomic E-state index is -1.42. The fraction of sp³-hybridized carbons (Fsp3) is 0.273. The number of benzene rings is 3. The first kappa shape index (κ1) is 26.3. The van der Waals surface area contributed by atoms with Crippen molar-refractivity contribution in [2.75, 3.05) is 6.61 Å². The number of nitrogens with zero attached hydrogens (tertiary/aromatic N) is 3. The predicted octanol–water partition coefficient (Wildman–Crippen LogP) is 6.98. The van der Waals surface area contributed by atoms with Crippen molar-refractivity contribution < 1.29 is 13.7 Å². The third-order valence-corrected chi connectivity index (χ3v) is 8.75. The van der Waals surface area contributed by atoms with Crippen LogP contribution in [0.5, 0.6) is 11.5 Å². The van der Waals surface area contributed by atoms with Crippen molar-refractivity contribution in [1.29, 1.82) is 0 Å². The summed E-state index contributed by atoms with van der Waals surface area (Å²) in [6.07, 6.45) is 9.75. The van der Waals surface area contributed by atoms with Crippen molar-refractivity contribution in [3.05, 3.63) is 109 Å². The number of para-hydroxylation sites is 1. The normalized spacial score (nSPS) is 14.7. The van der Waals surface area contributed by atoms with Gasteiger partial charge in [0.15, 0.2) is 0 Å². The van der Waals surface area contributed by atoms with E-state index in [0.717, 1.165) is 48.3 Å². The number of ether oxygens (including phenoxy) is 2. The van der Waals surface area contributed by atoms with E-state index in [1.165, 1.54) is 12.0 Å². The Kier molecular flexibility index (Phi) is 8.19. The van der Waals surface area contributed by atoms with Gasteiger partial charge in [-0.15, -0.1) is 0 Å². The second-order valence-electron chi connectivity index (χ2n) is 10.1. The third kappa shape index (κ3) is 6.10. The van der Waals surface area contributed by atoms with Crippen LogP contribution in [-0.2, 0) is 23.8 Å². The number of hydrogen-bond acceptors (Lipinski definition) is 5. The minimum absolute atomic E-state index is 0.126. The van der Waals surface area contributed by atoms with E-state index in [1.54, 1.807) is 24.5 Å². The van der Waals surface area contributed by atoms with Gasteiger partial charge in [0, 0.05) is 29.8 Å². The summed E-state index contributed by atoms with van der Waals surface area (Å²) < 4.78 is 28.7. The lowest BCUT2D eigenvalue weighted by molar-refractivity contribution is 0.151. The number of fused-ring (bicyclic) bond motifs is 1. The molecule has 7 heteroatoms. The zero-order chi connectivity index (χ0) is 27.1. The maximum atomic E-state index is 13.8. The van der Waals surface area contributed by atoms with Crippen LogP contribution in [0.3, 0.4) is 0 Å². The molecule has 0 aliphatic heterocycles. The quantitative estimate of drug-likeness (QED) is 0.187. The van der Waals surface area contributed by atoms with Gasteiger partial charge >= 0.3 is 0 Å². The molecule has 3 aromatic carbocycles. The molecule has 1 aliphatic rings. The van der Waals surface area contributed by atoms with Gasteiger partial charge < -0.3 is 14.0 Å². The van der Waals surface area contributed by atoms with Gasteiger partial charge in [0.25, 0.3) is 0 Å². The predicted molar refractivity (Wildman–Crippen MR) is 157 cm³/mol. The monoisotopic (exact) mass is 551 g/mol. The van der Waals surface area contributed by atoms with Crippen molar-refractivity contribution in [3.8, 4) is 11.5 Å². The van der Waals surface area contributed by atoms with Crippen LogP contribution in [-0.4, -0.2) is 31.5 Å². The molecule has 0 N–H and O–H groups in total. The van der Waals surface area contributed by atoms with Crippen LogP contribution in [0.25, 0.3) is 11.0 Å². The molecule has 1 aliphatic carbocycles. The van der Waals surface area contributed by atoms with Crippen molar-refractivity contribution >= 4 is 21.8 Å². The van der Waals surface area contributed by atoms with Gasteiger partial charge in [-0.3, -0.25) is 4.98 Å². The highest BCUT2D eigenvalue weighted by atomic mass is 32.2. The lowest BCUT2D eigenvalue weighted by Gasteiger charge is -2.24. The molecule has 0 amide bonds. The molecule has 0 saturated heterocycles. The van der Waals surface area contributed by atoms with E-state index in [9.17, 15) is 4.21 Å². The van der Waals surface area contributed by atoms with E-state index in [-0.39, 0.29) is 6.10 Å². The van der Waals surface area contributed by atoms with Gasteiger partial charge in [0.05, 0.1) is 39.4 Å². The molecular formula is C33H33N3O3S. The molecule has 1 unspecified atom stereocenters. The Balaban J connectivity index is 1.41. The standard InChI is InChI=1S/C33H33N3O3S/c37-40(28-16-18-34-19-17-28)32-23-29-30(24-31(32)39-27-14-8-3-9-15-27)36(20-21-38-26-12-6-2-7-13-26)33(35-29)22-25-10-4-1-5-11-25/h1-2,4-7,10-13,16-19,23-24,27H,3,8-9,14-15,20-22H2. The van der Waals surface area contributed by atoms with E-state index in [2.05, 4.69) is 21.7 Å². The summed E-state index contributed by atoms with van der Waals surface area (Å²) in [4.78, 5) is 10.5. The number of imidazole rings is 1. The molecule has 6 nitrogen and oxygen atoms in total. The van der Waals surface area contributed by atoms with E-state index < -0.39 is 10.8 Å². The molecule has 2 aromatic heterocycles. The molecule has 1 fully saturated rings. The van der Waals surface area contributed by atoms with Crippen LogP contribution in [0.4, 0.5) is 0 Å². The Bertz CT molecular complexity index is 1570. The summed E-state index contributed by atoms with van der Waals surface area (Å²) >= 11 is 0. The van der Waals surface area contributed by atoms with Gasteiger partial charge in [-0.1, -0.05) is 55.0 Å². The molecule has 0 bridgehead atoms. The number of rotatable bonds is 10.